The van der Waals surface area contributed by atoms with Crippen LogP contribution in [0.4, 0.5) is 17.1 Å². The maximum atomic E-state index is 6.31. The molecule has 0 spiro atoms. The Morgan fingerprint density at radius 2 is 0.897 bits per heavy atom. The number of fused-ring (bicyclic) bond motifs is 6. The second-order valence-corrected chi connectivity index (χ2v) is 7.48. The average Bonchev–Trinajstić information content (AvgIpc) is 2.76. The molecule has 2 aliphatic rings. The molecular weight excluding hydrogens is 358 g/mol. The van der Waals surface area contributed by atoms with E-state index in [0.717, 1.165) is 50.8 Å². The number of benzene rings is 5. The number of rotatable bonds is 0. The quantitative estimate of drug-likeness (QED) is 0.272. The van der Waals surface area contributed by atoms with Crippen molar-refractivity contribution in [2.45, 2.75) is 0 Å². The Morgan fingerprint density at radius 1 is 0.448 bits per heavy atom. The van der Waals surface area contributed by atoms with Crippen LogP contribution in [-0.4, -0.2) is 0 Å². The van der Waals surface area contributed by atoms with Crippen LogP contribution in [0.1, 0.15) is 0 Å². The molecule has 0 amide bonds. The van der Waals surface area contributed by atoms with E-state index >= 15 is 0 Å². The summed E-state index contributed by atoms with van der Waals surface area (Å²) in [5, 5.41) is 4.70. The second-order valence-electron chi connectivity index (χ2n) is 7.48. The summed E-state index contributed by atoms with van der Waals surface area (Å²) >= 11 is 0. The molecule has 0 saturated carbocycles. The van der Waals surface area contributed by atoms with Gasteiger partial charge in [0.05, 0.1) is 11.4 Å². The Bertz CT molecular complexity index is 1360. The fourth-order valence-corrected chi connectivity index (χ4v) is 4.42. The third-order valence-electron chi connectivity index (χ3n) is 5.76. The Morgan fingerprint density at radius 3 is 1.38 bits per heavy atom. The van der Waals surface area contributed by atoms with Crippen molar-refractivity contribution in [3.8, 4) is 23.0 Å². The van der Waals surface area contributed by atoms with Crippen molar-refractivity contribution in [3.63, 3.8) is 0 Å². The highest BCUT2D eigenvalue weighted by Crippen LogP contribution is 2.60. The predicted molar refractivity (Wildman–Crippen MR) is 116 cm³/mol. The summed E-state index contributed by atoms with van der Waals surface area (Å²) in [5.74, 6) is 3.33. The van der Waals surface area contributed by atoms with Crippen molar-refractivity contribution >= 4 is 38.6 Å². The first kappa shape index (κ1) is 15.0. The van der Waals surface area contributed by atoms with E-state index < -0.39 is 0 Å². The van der Waals surface area contributed by atoms with Crippen LogP contribution >= 0.6 is 0 Å². The fourth-order valence-electron chi connectivity index (χ4n) is 4.42. The molecule has 0 radical (unpaired) electrons. The summed E-state index contributed by atoms with van der Waals surface area (Å²) in [6.45, 7) is 0. The van der Waals surface area contributed by atoms with Crippen LogP contribution < -0.4 is 14.4 Å². The van der Waals surface area contributed by atoms with E-state index in [-0.39, 0.29) is 0 Å². The van der Waals surface area contributed by atoms with Gasteiger partial charge in [0.1, 0.15) is 5.69 Å². The van der Waals surface area contributed by atoms with E-state index in [1.165, 1.54) is 10.8 Å². The van der Waals surface area contributed by atoms with E-state index in [9.17, 15) is 0 Å². The molecule has 136 valence electrons. The number of anilines is 3. The number of nitrogens with zero attached hydrogens (tertiary/aromatic N) is 1. The zero-order valence-electron chi connectivity index (χ0n) is 15.4. The largest absolute Gasteiger partial charge is 0.453 e. The van der Waals surface area contributed by atoms with E-state index in [1.54, 1.807) is 0 Å². The van der Waals surface area contributed by atoms with Gasteiger partial charge in [0.15, 0.2) is 23.0 Å². The zero-order chi connectivity index (χ0) is 18.9. The lowest BCUT2D eigenvalue weighted by Crippen LogP contribution is -2.20. The lowest BCUT2D eigenvalue weighted by molar-refractivity contribution is 0.446. The topological polar surface area (TPSA) is 21.7 Å². The van der Waals surface area contributed by atoms with Crippen LogP contribution in [-0.2, 0) is 0 Å². The third-order valence-corrected chi connectivity index (χ3v) is 5.76. The first-order chi connectivity index (χ1) is 14.3. The number of para-hydroxylation sites is 1. The molecule has 0 aliphatic carbocycles. The van der Waals surface area contributed by atoms with Gasteiger partial charge in [0.2, 0.25) is 0 Å². The molecule has 0 fully saturated rings. The van der Waals surface area contributed by atoms with Crippen LogP contribution in [0.5, 0.6) is 23.0 Å². The molecule has 5 aromatic rings. The zero-order valence-corrected chi connectivity index (χ0v) is 15.4. The predicted octanol–water partition coefficient (Wildman–Crippen LogP) is 7.67. The second kappa shape index (κ2) is 5.30. The number of hydrogen-bond acceptors (Lipinski definition) is 3. The summed E-state index contributed by atoms with van der Waals surface area (Å²) in [6, 6.07) is 31.4. The Hall–Kier alpha value is -3.98. The summed E-state index contributed by atoms with van der Waals surface area (Å²) in [6.07, 6.45) is 0. The first-order valence-electron chi connectivity index (χ1n) is 9.70. The molecule has 5 aromatic carbocycles. The van der Waals surface area contributed by atoms with Gasteiger partial charge in [0, 0.05) is 0 Å². The van der Waals surface area contributed by atoms with Crippen LogP contribution in [0.2, 0.25) is 0 Å². The number of ether oxygens (including phenoxy) is 2. The highest BCUT2D eigenvalue weighted by Gasteiger charge is 2.34. The molecule has 7 rings (SSSR count). The summed E-state index contributed by atoms with van der Waals surface area (Å²) in [5.41, 5.74) is 3.02. The molecule has 3 heteroatoms. The van der Waals surface area contributed by atoms with Gasteiger partial charge in [-0.25, -0.2) is 0 Å². The van der Waals surface area contributed by atoms with Gasteiger partial charge >= 0.3 is 0 Å². The molecule has 0 saturated heterocycles. The van der Waals surface area contributed by atoms with Gasteiger partial charge in [-0.3, -0.25) is 4.90 Å². The monoisotopic (exact) mass is 373 g/mol. The van der Waals surface area contributed by atoms with Crippen molar-refractivity contribution in [2.75, 3.05) is 4.90 Å². The van der Waals surface area contributed by atoms with Crippen molar-refractivity contribution < 1.29 is 9.47 Å². The normalized spacial score (nSPS) is 13.3. The lowest BCUT2D eigenvalue weighted by atomic mass is 10.0. The lowest BCUT2D eigenvalue weighted by Gasteiger charge is -2.38. The van der Waals surface area contributed by atoms with E-state index in [1.807, 2.05) is 18.2 Å². The summed E-state index contributed by atoms with van der Waals surface area (Å²) in [4.78, 5) is 2.28. The molecule has 2 aliphatic heterocycles. The van der Waals surface area contributed by atoms with Crippen molar-refractivity contribution in [2.24, 2.45) is 0 Å². The van der Waals surface area contributed by atoms with Crippen molar-refractivity contribution in [3.05, 3.63) is 91.0 Å². The summed E-state index contributed by atoms with van der Waals surface area (Å²) < 4.78 is 12.6. The van der Waals surface area contributed by atoms with Gasteiger partial charge in [-0.1, -0.05) is 54.6 Å². The molecule has 0 aromatic heterocycles. The highest BCUT2D eigenvalue weighted by molar-refractivity contribution is 6.01. The molecule has 0 unspecified atom stereocenters. The van der Waals surface area contributed by atoms with Crippen LogP contribution in [0.15, 0.2) is 91.0 Å². The Labute approximate surface area is 167 Å². The molecule has 2 heterocycles. The van der Waals surface area contributed by atoms with Crippen LogP contribution in [0, 0.1) is 0 Å². The van der Waals surface area contributed by atoms with Gasteiger partial charge in [-0.2, -0.15) is 0 Å². The van der Waals surface area contributed by atoms with Gasteiger partial charge in [-0.15, -0.1) is 0 Å². The van der Waals surface area contributed by atoms with Crippen LogP contribution in [0.3, 0.4) is 0 Å². The molecule has 0 atom stereocenters. The fraction of sp³-hybridized carbons (Fsp3) is 0. The Balaban J connectivity index is 1.58. The third kappa shape index (κ3) is 2.02. The van der Waals surface area contributed by atoms with Gasteiger partial charge in [0.25, 0.3) is 0 Å². The minimum atomic E-state index is 0.809. The SMILES string of the molecule is c1cc2c3c(c1)Oc1cc4ccccc4cc1N3c1cc3ccccc3cc1O2. The maximum absolute atomic E-state index is 6.31. The summed E-state index contributed by atoms with van der Waals surface area (Å²) in [7, 11) is 0. The highest BCUT2D eigenvalue weighted by atomic mass is 16.5. The van der Waals surface area contributed by atoms with E-state index in [4.69, 9.17) is 9.47 Å². The molecular formula is C26H15NO2. The van der Waals surface area contributed by atoms with E-state index in [2.05, 4.69) is 77.7 Å². The molecule has 0 N–H and O–H groups in total. The van der Waals surface area contributed by atoms with Gasteiger partial charge in [-0.05, 0) is 57.9 Å². The number of hydrogen-bond donors (Lipinski definition) is 0. The molecule has 0 bridgehead atoms. The van der Waals surface area contributed by atoms with Crippen molar-refractivity contribution in [1.82, 2.24) is 0 Å². The Kier molecular flexibility index (Phi) is 2.74. The molecule has 3 nitrogen and oxygen atoms in total. The van der Waals surface area contributed by atoms with Crippen molar-refractivity contribution in [1.29, 1.82) is 0 Å². The molecule has 29 heavy (non-hydrogen) atoms. The average molecular weight is 373 g/mol. The minimum absolute atomic E-state index is 0.809. The smallest absolute Gasteiger partial charge is 0.155 e. The minimum Gasteiger partial charge on any atom is -0.453 e. The van der Waals surface area contributed by atoms with E-state index in [0.29, 0.717) is 0 Å². The standard InChI is InChI=1S/C26H15NO2/c1-3-8-18-14-24-20(12-16(18)6-1)27-21-13-17-7-2-4-9-19(17)15-25(21)29-23-11-5-10-22(28-24)26(23)27/h1-15H. The first-order valence-corrected chi connectivity index (χ1v) is 9.70. The van der Waals surface area contributed by atoms with Gasteiger partial charge < -0.3 is 9.47 Å². The maximum Gasteiger partial charge on any atom is 0.155 e. The van der Waals surface area contributed by atoms with Crippen LogP contribution in [0.25, 0.3) is 21.5 Å².